The summed E-state index contributed by atoms with van der Waals surface area (Å²) in [4.78, 5) is 7.60. The van der Waals surface area contributed by atoms with E-state index in [0.29, 0.717) is 6.54 Å². The first kappa shape index (κ1) is 11.0. The Bertz CT molecular complexity index is 469. The smallest absolute Gasteiger partial charge is 0.179 e. The van der Waals surface area contributed by atoms with Crippen molar-refractivity contribution in [3.63, 3.8) is 0 Å². The highest BCUT2D eigenvalue weighted by atomic mass is 35.5. The average molecular weight is 220 g/mol. The Balaban J connectivity index is 3.16. The number of halogens is 1. The van der Waals surface area contributed by atoms with Crippen LogP contribution in [0, 0.1) is 22.7 Å². The first-order valence-electron chi connectivity index (χ1n) is 3.95. The number of nitrogens with zero attached hydrogens (tertiary/aromatic N) is 4. The lowest BCUT2D eigenvalue weighted by Gasteiger charge is -2.04. The highest BCUT2D eigenvalue weighted by Crippen LogP contribution is 2.18. The third kappa shape index (κ3) is 2.43. The maximum Gasteiger partial charge on any atom is 0.179 e. The van der Waals surface area contributed by atoms with Gasteiger partial charge in [0, 0.05) is 6.54 Å². The third-order valence-corrected chi connectivity index (χ3v) is 1.74. The lowest BCUT2D eigenvalue weighted by atomic mass is 10.3. The maximum atomic E-state index is 8.70. The lowest BCUT2D eigenvalue weighted by Crippen LogP contribution is -2.05. The van der Waals surface area contributed by atoms with Crippen molar-refractivity contribution in [1.29, 1.82) is 10.5 Å². The van der Waals surface area contributed by atoms with E-state index in [1.54, 1.807) is 18.2 Å². The molecule has 6 heteroatoms. The summed E-state index contributed by atoms with van der Waals surface area (Å²) >= 11 is 5.74. The molecule has 0 unspecified atom stereocenters. The van der Waals surface area contributed by atoms with Gasteiger partial charge in [0.1, 0.15) is 12.1 Å². The van der Waals surface area contributed by atoms with Crippen LogP contribution in [0.2, 0.25) is 5.15 Å². The van der Waals surface area contributed by atoms with Crippen LogP contribution in [0.1, 0.15) is 11.4 Å². The zero-order valence-corrected chi connectivity index (χ0v) is 8.41. The van der Waals surface area contributed by atoms with E-state index in [4.69, 9.17) is 22.1 Å². The van der Waals surface area contributed by atoms with Crippen molar-refractivity contribution >= 4 is 17.4 Å². The van der Waals surface area contributed by atoms with Crippen LogP contribution in [-0.4, -0.2) is 16.5 Å². The molecule has 74 valence electrons. The Morgan fingerprint density at radius 1 is 1.33 bits per heavy atom. The van der Waals surface area contributed by atoms with Gasteiger partial charge in [-0.3, -0.25) is 0 Å². The Hall–Kier alpha value is -2.11. The third-order valence-electron chi connectivity index (χ3n) is 1.48. The van der Waals surface area contributed by atoms with Gasteiger partial charge >= 0.3 is 0 Å². The normalized spacial score (nSPS) is 8.73. The van der Waals surface area contributed by atoms with E-state index < -0.39 is 0 Å². The molecule has 0 bridgehead atoms. The molecule has 1 N–H and O–H groups in total. The molecular weight excluding hydrogens is 214 g/mol. The van der Waals surface area contributed by atoms with E-state index >= 15 is 0 Å². The Morgan fingerprint density at radius 2 is 1.93 bits per heavy atom. The summed E-state index contributed by atoms with van der Waals surface area (Å²) in [7, 11) is 0. The molecule has 0 atom stereocenters. The Kier molecular flexibility index (Phi) is 3.61. The molecule has 0 aromatic carbocycles. The fourth-order valence-electron chi connectivity index (χ4n) is 0.852. The zero-order valence-electron chi connectivity index (χ0n) is 7.66. The summed E-state index contributed by atoms with van der Waals surface area (Å²) in [6.45, 7) is 3.96. The van der Waals surface area contributed by atoms with E-state index in [0.717, 1.165) is 0 Å². The number of anilines is 1. The van der Waals surface area contributed by atoms with Crippen LogP contribution < -0.4 is 5.32 Å². The van der Waals surface area contributed by atoms with Crippen LogP contribution in [0.5, 0.6) is 0 Å². The fraction of sp³-hybridized carbons (Fsp3) is 0.111. The van der Waals surface area contributed by atoms with Gasteiger partial charge in [0.2, 0.25) is 0 Å². The summed E-state index contributed by atoms with van der Waals surface area (Å²) in [5.74, 6) is 0.270. The molecule has 0 radical (unpaired) electrons. The molecule has 0 aliphatic carbocycles. The van der Waals surface area contributed by atoms with Crippen LogP contribution in [-0.2, 0) is 0 Å². The molecular formula is C9H6ClN5. The molecule has 0 amide bonds. The topological polar surface area (TPSA) is 85.4 Å². The predicted octanol–water partition coefficient (Wildman–Crippen LogP) is 1.47. The fourth-order valence-corrected chi connectivity index (χ4v) is 1.05. The monoisotopic (exact) mass is 219 g/mol. The molecule has 5 nitrogen and oxygen atoms in total. The van der Waals surface area contributed by atoms with Crippen molar-refractivity contribution in [2.24, 2.45) is 0 Å². The van der Waals surface area contributed by atoms with Gasteiger partial charge in [0.05, 0.1) is 0 Å². The van der Waals surface area contributed by atoms with Gasteiger partial charge in [-0.1, -0.05) is 17.7 Å². The van der Waals surface area contributed by atoms with Gasteiger partial charge < -0.3 is 5.32 Å². The van der Waals surface area contributed by atoms with Crippen molar-refractivity contribution in [1.82, 2.24) is 9.97 Å². The molecule has 0 spiro atoms. The van der Waals surface area contributed by atoms with Gasteiger partial charge in [0.15, 0.2) is 22.4 Å². The lowest BCUT2D eigenvalue weighted by molar-refractivity contribution is 1.11. The zero-order chi connectivity index (χ0) is 11.3. The molecule has 0 fully saturated rings. The Labute approximate surface area is 91.6 Å². The van der Waals surface area contributed by atoms with Gasteiger partial charge in [-0.25, -0.2) is 9.97 Å². The van der Waals surface area contributed by atoms with Crippen LogP contribution >= 0.6 is 11.6 Å². The number of nitriles is 2. The van der Waals surface area contributed by atoms with Gasteiger partial charge in [-0.05, 0) is 0 Å². The number of hydrogen-bond donors (Lipinski definition) is 1. The number of rotatable bonds is 3. The maximum absolute atomic E-state index is 8.70. The second-order valence-electron chi connectivity index (χ2n) is 2.45. The Morgan fingerprint density at radius 3 is 2.47 bits per heavy atom. The summed E-state index contributed by atoms with van der Waals surface area (Å²) < 4.78 is 0. The SMILES string of the molecule is C=CCNc1nc(C#N)c(C#N)nc1Cl. The molecule has 15 heavy (non-hydrogen) atoms. The van der Waals surface area contributed by atoms with Crippen molar-refractivity contribution in [2.45, 2.75) is 0 Å². The largest absolute Gasteiger partial charge is 0.364 e. The average Bonchev–Trinajstić information content (AvgIpc) is 2.27. The predicted molar refractivity (Wildman–Crippen MR) is 55.2 cm³/mol. The van der Waals surface area contributed by atoms with Gasteiger partial charge in [-0.2, -0.15) is 10.5 Å². The molecule has 1 heterocycles. The first-order valence-corrected chi connectivity index (χ1v) is 4.33. The minimum atomic E-state index is -0.0772. The molecule has 0 saturated carbocycles. The van der Waals surface area contributed by atoms with E-state index in [-0.39, 0.29) is 22.4 Å². The van der Waals surface area contributed by atoms with Gasteiger partial charge in [-0.15, -0.1) is 6.58 Å². The molecule has 1 rings (SSSR count). The molecule has 0 saturated heterocycles. The van der Waals surface area contributed by atoms with Crippen molar-refractivity contribution < 1.29 is 0 Å². The number of hydrogen-bond acceptors (Lipinski definition) is 5. The van der Waals surface area contributed by atoms with Crippen LogP contribution in [0.4, 0.5) is 5.82 Å². The summed E-state index contributed by atoms with van der Waals surface area (Å²) in [6.07, 6.45) is 1.61. The summed E-state index contributed by atoms with van der Waals surface area (Å²) in [5, 5.41) is 20.2. The quantitative estimate of drug-likeness (QED) is 0.778. The number of nitrogens with one attached hydrogen (secondary N) is 1. The minimum Gasteiger partial charge on any atom is -0.364 e. The van der Waals surface area contributed by atoms with Crippen LogP contribution in [0.15, 0.2) is 12.7 Å². The number of aromatic nitrogens is 2. The first-order chi connectivity index (χ1) is 7.22. The van der Waals surface area contributed by atoms with Crippen LogP contribution in [0.3, 0.4) is 0 Å². The molecule has 1 aromatic heterocycles. The van der Waals surface area contributed by atoms with E-state index in [1.807, 2.05) is 0 Å². The summed E-state index contributed by atoms with van der Waals surface area (Å²) in [6, 6.07) is 3.51. The molecule has 1 aromatic rings. The van der Waals surface area contributed by atoms with E-state index in [1.165, 1.54) is 0 Å². The van der Waals surface area contributed by atoms with E-state index in [9.17, 15) is 0 Å². The minimum absolute atomic E-state index is 0.0477. The second kappa shape index (κ2) is 4.94. The molecule has 0 aliphatic rings. The second-order valence-corrected chi connectivity index (χ2v) is 2.81. The summed E-state index contributed by atoms with van der Waals surface area (Å²) in [5.41, 5.74) is -0.125. The highest BCUT2D eigenvalue weighted by molar-refractivity contribution is 6.31. The van der Waals surface area contributed by atoms with Crippen molar-refractivity contribution in [3.8, 4) is 12.1 Å². The van der Waals surface area contributed by atoms with Crippen molar-refractivity contribution in [3.05, 3.63) is 29.2 Å². The van der Waals surface area contributed by atoms with Crippen LogP contribution in [0.25, 0.3) is 0 Å². The standard InChI is InChI=1S/C9H6ClN5/c1-2-3-13-9-8(10)14-6(4-11)7(5-12)15-9/h2H,1,3H2,(H,13,15). The van der Waals surface area contributed by atoms with Crippen molar-refractivity contribution in [2.75, 3.05) is 11.9 Å². The van der Waals surface area contributed by atoms with Gasteiger partial charge in [0.25, 0.3) is 0 Å². The highest BCUT2D eigenvalue weighted by Gasteiger charge is 2.10. The molecule has 0 aliphatic heterocycles. The van der Waals surface area contributed by atoms with E-state index in [2.05, 4.69) is 21.9 Å².